The molecule has 2 amide bonds. The highest BCUT2D eigenvalue weighted by Crippen LogP contribution is 2.29. The van der Waals surface area contributed by atoms with Crippen molar-refractivity contribution in [2.24, 2.45) is 0 Å². The van der Waals surface area contributed by atoms with Gasteiger partial charge in [-0.25, -0.2) is 4.98 Å². The first kappa shape index (κ1) is 33.3. The molecule has 4 rings (SSSR count). The van der Waals surface area contributed by atoms with Crippen LogP contribution in [0, 0.1) is 0 Å². The summed E-state index contributed by atoms with van der Waals surface area (Å²) in [6, 6.07) is 18.4. The molecule has 4 aromatic rings. The second-order valence-electron chi connectivity index (χ2n) is 10.4. The molecule has 9 nitrogen and oxygen atoms in total. The quantitative estimate of drug-likeness (QED) is 0.178. The lowest BCUT2D eigenvalue weighted by atomic mass is 10.0. The van der Waals surface area contributed by atoms with Gasteiger partial charge in [0.1, 0.15) is 11.6 Å². The largest absolute Gasteiger partial charge is 0.506 e. The van der Waals surface area contributed by atoms with Crippen molar-refractivity contribution < 1.29 is 14.7 Å². The van der Waals surface area contributed by atoms with E-state index in [0.29, 0.717) is 34.8 Å². The van der Waals surface area contributed by atoms with E-state index in [9.17, 15) is 19.5 Å². The van der Waals surface area contributed by atoms with Crippen LogP contribution >= 0.6 is 24.0 Å². The van der Waals surface area contributed by atoms with E-state index < -0.39 is 11.8 Å². The lowest BCUT2D eigenvalue weighted by molar-refractivity contribution is 0.102. The molecule has 0 saturated heterocycles. The number of carbonyl (C=O) groups is 2. The van der Waals surface area contributed by atoms with Crippen molar-refractivity contribution in [3.63, 3.8) is 0 Å². The maximum absolute atomic E-state index is 13.3. The van der Waals surface area contributed by atoms with Crippen LogP contribution in [0.4, 0.5) is 11.5 Å². The third-order valence-corrected chi connectivity index (χ3v) is 7.12. The molecule has 0 spiro atoms. The monoisotopic (exact) mass is 623 g/mol. The van der Waals surface area contributed by atoms with Gasteiger partial charge in [0.15, 0.2) is 0 Å². The van der Waals surface area contributed by atoms with Crippen molar-refractivity contribution in [1.82, 2.24) is 14.5 Å². The molecular weight excluding hydrogens is 589 g/mol. The van der Waals surface area contributed by atoms with E-state index in [1.807, 2.05) is 6.07 Å². The Balaban J connectivity index is 0.00000506. The van der Waals surface area contributed by atoms with Crippen molar-refractivity contribution in [2.45, 2.75) is 46.3 Å². The molecule has 226 valence electrons. The van der Waals surface area contributed by atoms with Gasteiger partial charge in [0.25, 0.3) is 17.4 Å². The number of nitrogens with one attached hydrogen (secondary N) is 2. The summed E-state index contributed by atoms with van der Waals surface area (Å²) in [5.74, 6) is -1.11. The average Bonchev–Trinajstić information content (AvgIpc) is 2.96. The smallest absolute Gasteiger partial charge is 0.259 e. The van der Waals surface area contributed by atoms with Crippen molar-refractivity contribution in [3.05, 3.63) is 106 Å². The van der Waals surface area contributed by atoms with Gasteiger partial charge >= 0.3 is 0 Å². The van der Waals surface area contributed by atoms with E-state index in [2.05, 4.69) is 48.2 Å². The molecule has 43 heavy (non-hydrogen) atoms. The van der Waals surface area contributed by atoms with Crippen molar-refractivity contribution in [1.29, 1.82) is 0 Å². The number of amides is 2. The first-order chi connectivity index (χ1) is 20.0. The van der Waals surface area contributed by atoms with E-state index >= 15 is 0 Å². The molecule has 0 radical (unpaired) electrons. The first-order valence-electron chi connectivity index (χ1n) is 13.7. The minimum Gasteiger partial charge on any atom is -0.506 e. The number of rotatable bonds is 10. The average molecular weight is 625 g/mol. The van der Waals surface area contributed by atoms with Gasteiger partial charge < -0.3 is 20.3 Å². The summed E-state index contributed by atoms with van der Waals surface area (Å²) < 4.78 is 1.71. The molecular formula is C32H35Cl2N5O4. The molecule has 2 heterocycles. The van der Waals surface area contributed by atoms with Crippen LogP contribution in [0.1, 0.15) is 48.4 Å². The van der Waals surface area contributed by atoms with Gasteiger partial charge in [-0.2, -0.15) is 0 Å². The molecule has 0 aliphatic carbocycles. The first-order valence-corrected chi connectivity index (χ1v) is 14.0. The fraction of sp³-hybridized carbons (Fsp3) is 0.250. The number of aromatic nitrogens is 2. The van der Waals surface area contributed by atoms with E-state index in [0.717, 1.165) is 6.54 Å². The molecule has 0 bridgehead atoms. The highest BCUT2D eigenvalue weighted by molar-refractivity contribution is 6.30. The molecule has 0 aliphatic rings. The van der Waals surface area contributed by atoms with Crippen LogP contribution in [-0.2, 0) is 6.54 Å². The SMILES string of the molecule is CC(C)N(CCn1cccc(-c2ccc(C(=O)Nc3c(O)cccc3C(=O)Nc3ccc(Cl)cn3)cc2)c1=O)C(C)C.Cl. The highest BCUT2D eigenvalue weighted by atomic mass is 35.5. The van der Waals surface area contributed by atoms with Gasteiger partial charge in [-0.05, 0) is 81.8 Å². The summed E-state index contributed by atoms with van der Waals surface area (Å²) in [5.41, 5.74) is 1.39. The van der Waals surface area contributed by atoms with Gasteiger partial charge in [-0.15, -0.1) is 12.4 Å². The summed E-state index contributed by atoms with van der Waals surface area (Å²) in [6.45, 7) is 9.89. The summed E-state index contributed by atoms with van der Waals surface area (Å²) >= 11 is 5.85. The maximum atomic E-state index is 13.3. The number of aromatic hydroxyl groups is 1. The molecule has 0 atom stereocenters. The van der Waals surface area contributed by atoms with Crippen LogP contribution in [0.25, 0.3) is 11.1 Å². The van der Waals surface area contributed by atoms with Crippen molar-refractivity contribution in [2.75, 3.05) is 17.2 Å². The molecule has 11 heteroatoms. The van der Waals surface area contributed by atoms with Gasteiger partial charge in [-0.3, -0.25) is 19.3 Å². The zero-order valence-electron chi connectivity index (χ0n) is 24.4. The lowest BCUT2D eigenvalue weighted by Crippen LogP contribution is -2.40. The number of para-hydroxylation sites is 1. The predicted octanol–water partition coefficient (Wildman–Crippen LogP) is 6.31. The molecule has 2 aromatic heterocycles. The Morgan fingerprint density at radius 3 is 2.26 bits per heavy atom. The van der Waals surface area contributed by atoms with E-state index in [-0.39, 0.29) is 46.3 Å². The highest BCUT2D eigenvalue weighted by Gasteiger charge is 2.19. The van der Waals surface area contributed by atoms with E-state index in [1.54, 1.807) is 47.2 Å². The summed E-state index contributed by atoms with van der Waals surface area (Å²) in [5, 5.41) is 16.1. The number of anilines is 2. The number of nitrogens with zero attached hydrogens (tertiary/aromatic N) is 3. The number of hydrogen-bond acceptors (Lipinski definition) is 6. The molecule has 0 aliphatic heterocycles. The summed E-state index contributed by atoms with van der Waals surface area (Å²) in [7, 11) is 0. The Kier molecular flexibility index (Phi) is 11.5. The number of halogens is 2. The second kappa shape index (κ2) is 14.8. The summed E-state index contributed by atoms with van der Waals surface area (Å²) in [6.07, 6.45) is 3.18. The fourth-order valence-electron chi connectivity index (χ4n) is 4.75. The van der Waals surface area contributed by atoms with Crippen molar-refractivity contribution in [3.8, 4) is 16.9 Å². The maximum Gasteiger partial charge on any atom is 0.259 e. The number of carbonyl (C=O) groups excluding carboxylic acids is 2. The Bertz CT molecular complexity index is 1610. The topological polar surface area (TPSA) is 117 Å². The Morgan fingerprint density at radius 1 is 0.930 bits per heavy atom. The minimum atomic E-state index is -0.573. The number of benzene rings is 2. The fourth-order valence-corrected chi connectivity index (χ4v) is 4.86. The van der Waals surface area contributed by atoms with Crippen LogP contribution in [0.15, 0.2) is 83.9 Å². The van der Waals surface area contributed by atoms with E-state index in [1.165, 1.54) is 30.5 Å². The van der Waals surface area contributed by atoms with Gasteiger partial charge in [-0.1, -0.05) is 29.8 Å². The minimum absolute atomic E-state index is 0. The van der Waals surface area contributed by atoms with Crippen LogP contribution in [0.5, 0.6) is 5.75 Å². The van der Waals surface area contributed by atoms with Crippen molar-refractivity contribution >= 4 is 47.3 Å². The Morgan fingerprint density at radius 2 is 1.63 bits per heavy atom. The predicted molar refractivity (Wildman–Crippen MR) is 174 cm³/mol. The number of hydrogen-bond donors (Lipinski definition) is 3. The number of phenolic OH excluding ortho intramolecular Hbond substituents is 1. The Hall–Kier alpha value is -4.18. The van der Waals surface area contributed by atoms with E-state index in [4.69, 9.17) is 11.6 Å². The number of phenols is 1. The third-order valence-electron chi connectivity index (χ3n) is 6.90. The standard InChI is InChI=1S/C32H34ClN5O4.ClH/c1-20(2)38(21(3)4)18-17-37-16-6-8-25(32(37)42)22-10-12-23(13-11-22)30(40)36-29-26(7-5-9-27(29)39)31(41)35-28-15-14-24(33)19-34-28;/h5-16,19-21,39H,17-18H2,1-4H3,(H,36,40)(H,34,35,41);1H. The Labute approximate surface area is 261 Å². The lowest BCUT2D eigenvalue weighted by Gasteiger charge is -2.30. The van der Waals surface area contributed by atoms with Gasteiger partial charge in [0.2, 0.25) is 0 Å². The zero-order chi connectivity index (χ0) is 30.4. The summed E-state index contributed by atoms with van der Waals surface area (Å²) in [4.78, 5) is 45.7. The third kappa shape index (κ3) is 8.22. The normalized spacial score (nSPS) is 11.0. The van der Waals surface area contributed by atoms with Crippen LogP contribution in [-0.4, -0.2) is 50.0 Å². The van der Waals surface area contributed by atoms with Crippen LogP contribution in [0.2, 0.25) is 5.02 Å². The number of pyridine rings is 2. The molecule has 0 fully saturated rings. The second-order valence-corrected chi connectivity index (χ2v) is 10.8. The zero-order valence-corrected chi connectivity index (χ0v) is 25.9. The molecule has 0 unspecified atom stereocenters. The van der Waals surface area contributed by atoms with Gasteiger partial charge in [0, 0.05) is 48.7 Å². The van der Waals surface area contributed by atoms with Gasteiger partial charge in [0.05, 0.1) is 16.3 Å². The molecule has 2 aromatic carbocycles. The van der Waals surface area contributed by atoms with Crippen LogP contribution in [0.3, 0.4) is 0 Å². The molecule has 3 N–H and O–H groups in total. The van der Waals surface area contributed by atoms with Crippen LogP contribution < -0.4 is 16.2 Å². The molecule has 0 saturated carbocycles.